The number of unbranched alkanes of at least 4 members (excludes halogenated alkanes) is 5. The van der Waals surface area contributed by atoms with Crippen LogP contribution in [0.1, 0.15) is 52.4 Å². The molecule has 0 saturated heterocycles. The number of hydrogen-bond donors (Lipinski definition) is 0. The van der Waals surface area contributed by atoms with Crippen molar-refractivity contribution in [2.24, 2.45) is 0 Å². The fourth-order valence-electron chi connectivity index (χ4n) is 1.24. The van der Waals surface area contributed by atoms with Crippen molar-refractivity contribution in [3.8, 4) is 0 Å². The van der Waals surface area contributed by atoms with Crippen molar-refractivity contribution >= 4 is 0 Å². The minimum Gasteiger partial charge on any atom is -0.369 e. The molecular weight excluding hydrogens is 205 g/mol. The van der Waals surface area contributed by atoms with Crippen LogP contribution in [-0.4, -0.2) is 18.9 Å². The van der Waals surface area contributed by atoms with E-state index in [-0.39, 0.29) is 6.61 Å². The van der Waals surface area contributed by atoms with Gasteiger partial charge in [-0.25, -0.2) is 0 Å². The van der Waals surface area contributed by atoms with Crippen LogP contribution in [0.15, 0.2) is 0 Å². The van der Waals surface area contributed by atoms with E-state index in [1.165, 1.54) is 19.3 Å². The lowest BCUT2D eigenvalue weighted by Gasteiger charge is -2.16. The van der Waals surface area contributed by atoms with Crippen LogP contribution in [0.5, 0.6) is 0 Å². The third-order valence-electron chi connectivity index (χ3n) is 2.33. The molecule has 0 aliphatic heterocycles. The lowest BCUT2D eigenvalue weighted by Crippen LogP contribution is -2.28. The Bertz CT molecular complexity index is 145. The van der Waals surface area contributed by atoms with Gasteiger partial charge in [0.05, 0.1) is 0 Å². The van der Waals surface area contributed by atoms with Gasteiger partial charge in [-0.05, 0) is 13.3 Å². The normalized spacial score (nSPS) is 14.2. The van der Waals surface area contributed by atoms with Crippen LogP contribution in [0.25, 0.3) is 0 Å². The molecule has 1 atom stereocenters. The van der Waals surface area contributed by atoms with Gasteiger partial charge >= 0.3 is 6.18 Å². The van der Waals surface area contributed by atoms with Crippen molar-refractivity contribution in [2.75, 3.05) is 6.61 Å². The molecule has 0 unspecified atom stereocenters. The molecule has 1 nitrogen and oxygen atoms in total. The first kappa shape index (κ1) is 14.8. The van der Waals surface area contributed by atoms with Crippen molar-refractivity contribution in [1.82, 2.24) is 0 Å². The van der Waals surface area contributed by atoms with E-state index < -0.39 is 12.3 Å². The second-order valence-corrected chi connectivity index (χ2v) is 3.82. The highest BCUT2D eigenvalue weighted by molar-refractivity contribution is 4.60. The fraction of sp³-hybridized carbons (Fsp3) is 1.00. The van der Waals surface area contributed by atoms with Gasteiger partial charge in [0.25, 0.3) is 0 Å². The predicted molar refractivity (Wildman–Crippen MR) is 54.8 cm³/mol. The van der Waals surface area contributed by atoms with Crippen LogP contribution in [0, 0.1) is 0 Å². The molecule has 0 N–H and O–H groups in total. The maximum atomic E-state index is 12.0. The molecule has 4 heteroatoms. The highest BCUT2D eigenvalue weighted by Gasteiger charge is 2.36. The number of alkyl halides is 3. The second kappa shape index (κ2) is 7.97. The number of rotatable bonds is 8. The summed E-state index contributed by atoms with van der Waals surface area (Å²) in [5.41, 5.74) is 0. The van der Waals surface area contributed by atoms with Crippen molar-refractivity contribution in [2.45, 2.75) is 64.7 Å². The SMILES string of the molecule is CCCCCCCCO[C@@H](C)C(F)(F)F. The van der Waals surface area contributed by atoms with Crippen LogP contribution in [-0.2, 0) is 4.74 Å². The minimum atomic E-state index is -4.22. The fourth-order valence-corrected chi connectivity index (χ4v) is 1.24. The molecule has 0 aliphatic carbocycles. The maximum absolute atomic E-state index is 12.0. The van der Waals surface area contributed by atoms with Gasteiger partial charge in [0.1, 0.15) is 0 Å². The summed E-state index contributed by atoms with van der Waals surface area (Å²) in [6.45, 7) is 3.40. The zero-order valence-electron chi connectivity index (χ0n) is 9.57. The van der Waals surface area contributed by atoms with Crippen LogP contribution in [0.4, 0.5) is 13.2 Å². The third-order valence-corrected chi connectivity index (χ3v) is 2.33. The second-order valence-electron chi connectivity index (χ2n) is 3.82. The Morgan fingerprint density at radius 1 is 1.00 bits per heavy atom. The van der Waals surface area contributed by atoms with Crippen LogP contribution in [0.2, 0.25) is 0 Å². The summed E-state index contributed by atoms with van der Waals surface area (Å²) in [7, 11) is 0. The van der Waals surface area contributed by atoms with E-state index in [2.05, 4.69) is 11.7 Å². The molecule has 0 aromatic carbocycles. The van der Waals surface area contributed by atoms with Gasteiger partial charge in [0.15, 0.2) is 6.10 Å². The molecule has 92 valence electrons. The highest BCUT2D eigenvalue weighted by Crippen LogP contribution is 2.22. The van der Waals surface area contributed by atoms with Crippen LogP contribution in [0.3, 0.4) is 0 Å². The standard InChI is InChI=1S/C11H21F3O/c1-3-4-5-6-7-8-9-15-10(2)11(12,13)14/h10H,3-9H2,1-2H3/t10-/m0/s1. The zero-order chi connectivity index (χ0) is 11.7. The first-order valence-corrected chi connectivity index (χ1v) is 5.66. The Balaban J connectivity index is 3.24. The average molecular weight is 226 g/mol. The van der Waals surface area contributed by atoms with Gasteiger partial charge in [0, 0.05) is 6.61 Å². The Kier molecular flexibility index (Phi) is 7.83. The van der Waals surface area contributed by atoms with Gasteiger partial charge in [0.2, 0.25) is 0 Å². The Morgan fingerprint density at radius 3 is 2.07 bits per heavy atom. The molecule has 0 spiro atoms. The van der Waals surface area contributed by atoms with Crippen molar-refractivity contribution in [1.29, 1.82) is 0 Å². The summed E-state index contributed by atoms with van der Waals surface area (Å²) in [5, 5.41) is 0. The topological polar surface area (TPSA) is 9.23 Å². The van der Waals surface area contributed by atoms with E-state index in [4.69, 9.17) is 0 Å². The molecule has 0 rings (SSSR count). The van der Waals surface area contributed by atoms with E-state index in [0.29, 0.717) is 0 Å². The van der Waals surface area contributed by atoms with Crippen molar-refractivity contribution in [3.63, 3.8) is 0 Å². The van der Waals surface area contributed by atoms with Crippen molar-refractivity contribution < 1.29 is 17.9 Å². The minimum absolute atomic E-state index is 0.215. The summed E-state index contributed by atoms with van der Waals surface area (Å²) in [6, 6.07) is 0. The molecular formula is C11H21F3O. The van der Waals surface area contributed by atoms with Gasteiger partial charge in [-0.15, -0.1) is 0 Å². The molecule has 0 fully saturated rings. The van der Waals surface area contributed by atoms with E-state index in [9.17, 15) is 13.2 Å². The predicted octanol–water partition coefficient (Wildman–Crippen LogP) is 4.31. The zero-order valence-corrected chi connectivity index (χ0v) is 9.57. The first-order chi connectivity index (χ1) is 6.98. The van der Waals surface area contributed by atoms with Gasteiger partial charge in [-0.2, -0.15) is 13.2 Å². The number of ether oxygens (including phenoxy) is 1. The molecule has 15 heavy (non-hydrogen) atoms. The molecule has 0 heterocycles. The molecule has 0 aromatic heterocycles. The molecule has 0 radical (unpaired) electrons. The Labute approximate surface area is 90.0 Å². The van der Waals surface area contributed by atoms with Crippen molar-refractivity contribution in [3.05, 3.63) is 0 Å². The highest BCUT2D eigenvalue weighted by atomic mass is 19.4. The van der Waals surface area contributed by atoms with E-state index in [1.54, 1.807) is 0 Å². The monoisotopic (exact) mass is 226 g/mol. The lowest BCUT2D eigenvalue weighted by atomic mass is 10.1. The van der Waals surface area contributed by atoms with Crippen LogP contribution < -0.4 is 0 Å². The number of halogens is 3. The van der Waals surface area contributed by atoms with E-state index in [1.807, 2.05) is 0 Å². The Morgan fingerprint density at radius 2 is 1.53 bits per heavy atom. The molecule has 0 aliphatic rings. The molecule has 0 aromatic rings. The molecule has 0 bridgehead atoms. The van der Waals surface area contributed by atoms with Gasteiger partial charge in [-0.1, -0.05) is 39.0 Å². The quantitative estimate of drug-likeness (QED) is 0.560. The Hall–Kier alpha value is -0.250. The molecule has 0 amide bonds. The van der Waals surface area contributed by atoms with E-state index >= 15 is 0 Å². The number of hydrogen-bond acceptors (Lipinski definition) is 1. The summed E-state index contributed by atoms with van der Waals surface area (Å²) in [5.74, 6) is 0. The first-order valence-electron chi connectivity index (χ1n) is 5.66. The smallest absolute Gasteiger partial charge is 0.369 e. The third kappa shape index (κ3) is 8.73. The summed E-state index contributed by atoms with van der Waals surface area (Å²) >= 11 is 0. The molecule has 0 saturated carbocycles. The van der Waals surface area contributed by atoms with Gasteiger partial charge < -0.3 is 4.74 Å². The summed E-state index contributed by atoms with van der Waals surface area (Å²) < 4.78 is 40.7. The summed E-state index contributed by atoms with van der Waals surface area (Å²) in [6.07, 6.45) is 0.495. The lowest BCUT2D eigenvalue weighted by molar-refractivity contribution is -0.214. The van der Waals surface area contributed by atoms with Crippen LogP contribution >= 0.6 is 0 Å². The largest absolute Gasteiger partial charge is 0.414 e. The van der Waals surface area contributed by atoms with Gasteiger partial charge in [-0.3, -0.25) is 0 Å². The summed E-state index contributed by atoms with van der Waals surface area (Å²) in [4.78, 5) is 0. The maximum Gasteiger partial charge on any atom is 0.414 e. The van der Waals surface area contributed by atoms with E-state index in [0.717, 1.165) is 26.2 Å². The average Bonchev–Trinajstić information content (AvgIpc) is 2.14.